The van der Waals surface area contributed by atoms with Gasteiger partial charge in [-0.05, 0) is 49.8 Å². The Morgan fingerprint density at radius 2 is 1.62 bits per heavy atom. The quantitative estimate of drug-likeness (QED) is 0.780. The van der Waals surface area contributed by atoms with Crippen molar-refractivity contribution < 1.29 is 14.7 Å². The number of hydrogen-bond acceptors (Lipinski definition) is 3. The van der Waals surface area contributed by atoms with Gasteiger partial charge in [-0.15, -0.1) is 0 Å². The first-order chi connectivity index (χ1) is 11.5. The fraction of sp³-hybridized carbons (Fsp3) is 0.600. The highest BCUT2D eigenvalue weighted by Crippen LogP contribution is 2.32. The Bertz CT molecular complexity index is 555. The van der Waals surface area contributed by atoms with Crippen molar-refractivity contribution in [1.29, 1.82) is 0 Å². The molecular formula is C20H29NO3. The first kappa shape index (κ1) is 18.5. The summed E-state index contributed by atoms with van der Waals surface area (Å²) in [5.41, 5.74) is 1.27. The van der Waals surface area contributed by atoms with Gasteiger partial charge in [-0.25, -0.2) is 0 Å². The van der Waals surface area contributed by atoms with Crippen LogP contribution in [0.15, 0.2) is 24.3 Å². The van der Waals surface area contributed by atoms with E-state index in [-0.39, 0.29) is 12.2 Å². The molecule has 4 nitrogen and oxygen atoms in total. The number of Topliss-reactive ketones (excluding diaryl/α,β-unsaturated/α-hetero) is 1. The summed E-state index contributed by atoms with van der Waals surface area (Å²) < 4.78 is 0. The van der Waals surface area contributed by atoms with Gasteiger partial charge in [0.25, 0.3) is 0 Å². The molecule has 0 aromatic heterocycles. The zero-order valence-corrected chi connectivity index (χ0v) is 14.9. The first-order valence-corrected chi connectivity index (χ1v) is 9.09. The van der Waals surface area contributed by atoms with Crippen molar-refractivity contribution in [3.05, 3.63) is 29.8 Å². The van der Waals surface area contributed by atoms with E-state index >= 15 is 0 Å². The van der Waals surface area contributed by atoms with Crippen LogP contribution in [0.2, 0.25) is 0 Å². The minimum atomic E-state index is -0.912. The van der Waals surface area contributed by atoms with E-state index in [1.165, 1.54) is 24.9 Å². The summed E-state index contributed by atoms with van der Waals surface area (Å²) in [6.45, 7) is 5.90. The van der Waals surface area contributed by atoms with Gasteiger partial charge in [0, 0.05) is 31.6 Å². The fourth-order valence-corrected chi connectivity index (χ4v) is 3.52. The highest BCUT2D eigenvalue weighted by molar-refractivity contribution is 5.87. The number of carboxylic acids is 1. The fourth-order valence-electron chi connectivity index (χ4n) is 3.52. The largest absolute Gasteiger partial charge is 0.481 e. The summed E-state index contributed by atoms with van der Waals surface area (Å²) in [6, 6.07) is 8.17. The summed E-state index contributed by atoms with van der Waals surface area (Å²) >= 11 is 0. The molecule has 2 rings (SSSR count). The summed E-state index contributed by atoms with van der Waals surface area (Å²) in [5.74, 6) is -0.854. The van der Waals surface area contributed by atoms with E-state index in [1.54, 1.807) is 0 Å². The minimum Gasteiger partial charge on any atom is -0.481 e. The van der Waals surface area contributed by atoms with E-state index in [2.05, 4.69) is 17.0 Å². The average molecular weight is 331 g/mol. The molecule has 0 saturated carbocycles. The summed E-state index contributed by atoms with van der Waals surface area (Å²) in [4.78, 5) is 26.3. The molecular weight excluding hydrogens is 302 g/mol. The highest BCUT2D eigenvalue weighted by Gasteiger charge is 2.36. The number of carbonyl (C=O) groups is 2. The lowest BCUT2D eigenvalue weighted by Crippen LogP contribution is -2.32. The molecule has 0 amide bonds. The lowest BCUT2D eigenvalue weighted by atomic mass is 9.77. The van der Waals surface area contributed by atoms with Crippen LogP contribution in [0.25, 0.3) is 0 Å². The molecule has 132 valence electrons. The standard InChI is InChI=1S/C20H29NO3/c1-3-20(4-2,19(23)24)15-18(22)14-16-8-10-17(11-9-16)21-12-6-5-7-13-21/h8-11H,3-7,12-15H2,1-2H3,(H,23,24). The summed E-state index contributed by atoms with van der Waals surface area (Å²) in [7, 11) is 0. The zero-order chi connectivity index (χ0) is 17.6. The van der Waals surface area contributed by atoms with Crippen LogP contribution in [-0.4, -0.2) is 29.9 Å². The Labute approximate surface area is 144 Å². The molecule has 0 aliphatic carbocycles. The minimum absolute atomic E-state index is 0.00632. The molecule has 0 atom stereocenters. The number of carbonyl (C=O) groups excluding carboxylic acids is 1. The molecule has 0 radical (unpaired) electrons. The maximum atomic E-state index is 12.4. The van der Waals surface area contributed by atoms with Gasteiger partial charge in [0.15, 0.2) is 0 Å². The molecule has 1 heterocycles. The summed E-state index contributed by atoms with van der Waals surface area (Å²) in [6.07, 6.45) is 5.19. The third-order valence-electron chi connectivity index (χ3n) is 5.40. The molecule has 0 spiro atoms. The predicted octanol–water partition coefficient (Wildman–Crippen LogP) is 4.07. The normalized spacial score (nSPS) is 15.3. The van der Waals surface area contributed by atoms with Crippen LogP contribution in [0.5, 0.6) is 0 Å². The van der Waals surface area contributed by atoms with E-state index in [0.717, 1.165) is 18.7 Å². The third-order valence-corrected chi connectivity index (χ3v) is 5.40. The lowest BCUT2D eigenvalue weighted by molar-refractivity contribution is -0.152. The zero-order valence-electron chi connectivity index (χ0n) is 14.9. The van der Waals surface area contributed by atoms with Crippen LogP contribution in [0, 0.1) is 5.41 Å². The van der Waals surface area contributed by atoms with Gasteiger partial charge in [-0.1, -0.05) is 26.0 Å². The van der Waals surface area contributed by atoms with Crippen LogP contribution in [0.1, 0.15) is 57.9 Å². The number of carboxylic acid groups (broad SMARTS) is 1. The SMILES string of the molecule is CCC(CC)(CC(=O)Cc1ccc(N2CCCCC2)cc1)C(=O)O. The number of hydrogen-bond donors (Lipinski definition) is 1. The molecule has 4 heteroatoms. The van der Waals surface area contributed by atoms with Crippen LogP contribution < -0.4 is 4.90 Å². The van der Waals surface area contributed by atoms with Crippen molar-refractivity contribution in [2.75, 3.05) is 18.0 Å². The summed E-state index contributed by atoms with van der Waals surface area (Å²) in [5, 5.41) is 9.46. The van der Waals surface area contributed by atoms with Crippen LogP contribution in [0.4, 0.5) is 5.69 Å². The van der Waals surface area contributed by atoms with Gasteiger partial charge >= 0.3 is 5.97 Å². The van der Waals surface area contributed by atoms with Crippen molar-refractivity contribution in [2.24, 2.45) is 5.41 Å². The molecule has 0 unspecified atom stereocenters. The second kappa shape index (κ2) is 8.32. The van der Waals surface area contributed by atoms with E-state index in [0.29, 0.717) is 19.3 Å². The van der Waals surface area contributed by atoms with Gasteiger partial charge < -0.3 is 10.0 Å². The number of benzene rings is 1. The van der Waals surface area contributed by atoms with Gasteiger partial charge in [0.05, 0.1) is 5.41 Å². The van der Waals surface area contributed by atoms with Crippen molar-refractivity contribution in [2.45, 2.75) is 58.8 Å². The van der Waals surface area contributed by atoms with Gasteiger partial charge in [-0.2, -0.15) is 0 Å². The van der Waals surface area contributed by atoms with E-state index in [4.69, 9.17) is 0 Å². The van der Waals surface area contributed by atoms with E-state index < -0.39 is 11.4 Å². The topological polar surface area (TPSA) is 57.6 Å². The van der Waals surface area contributed by atoms with Gasteiger partial charge in [-0.3, -0.25) is 9.59 Å². The number of piperidine rings is 1. The first-order valence-electron chi connectivity index (χ1n) is 9.09. The lowest BCUT2D eigenvalue weighted by Gasteiger charge is -2.29. The van der Waals surface area contributed by atoms with Crippen molar-refractivity contribution >= 4 is 17.4 Å². The van der Waals surface area contributed by atoms with Crippen LogP contribution in [0.3, 0.4) is 0 Å². The molecule has 1 N–H and O–H groups in total. The number of anilines is 1. The average Bonchev–Trinajstić information content (AvgIpc) is 2.61. The third kappa shape index (κ3) is 4.37. The predicted molar refractivity (Wildman–Crippen MR) is 96.5 cm³/mol. The molecule has 24 heavy (non-hydrogen) atoms. The van der Waals surface area contributed by atoms with Gasteiger partial charge in [0.2, 0.25) is 0 Å². The second-order valence-electron chi connectivity index (χ2n) is 6.90. The molecule has 1 aromatic rings. The monoisotopic (exact) mass is 331 g/mol. The molecule has 1 saturated heterocycles. The maximum Gasteiger partial charge on any atom is 0.310 e. The maximum absolute atomic E-state index is 12.4. The number of nitrogens with zero attached hydrogens (tertiary/aromatic N) is 1. The van der Waals surface area contributed by atoms with Crippen molar-refractivity contribution in [3.63, 3.8) is 0 Å². The van der Waals surface area contributed by atoms with Crippen molar-refractivity contribution in [1.82, 2.24) is 0 Å². The van der Waals surface area contributed by atoms with E-state index in [9.17, 15) is 14.7 Å². The van der Waals surface area contributed by atoms with E-state index in [1.807, 2.05) is 26.0 Å². The number of rotatable bonds is 8. The Hall–Kier alpha value is -1.84. The Kier molecular flexibility index (Phi) is 6.41. The van der Waals surface area contributed by atoms with Crippen LogP contribution >= 0.6 is 0 Å². The molecule has 1 fully saturated rings. The molecule has 1 aliphatic heterocycles. The molecule has 1 aromatic carbocycles. The Balaban J connectivity index is 1.97. The second-order valence-corrected chi connectivity index (χ2v) is 6.90. The highest BCUT2D eigenvalue weighted by atomic mass is 16.4. The Morgan fingerprint density at radius 1 is 1.04 bits per heavy atom. The number of aliphatic carboxylic acids is 1. The smallest absolute Gasteiger partial charge is 0.310 e. The van der Waals surface area contributed by atoms with Crippen LogP contribution in [-0.2, 0) is 16.0 Å². The number of ketones is 1. The Morgan fingerprint density at radius 3 is 2.12 bits per heavy atom. The molecule has 0 bridgehead atoms. The van der Waals surface area contributed by atoms with Gasteiger partial charge in [0.1, 0.15) is 5.78 Å². The van der Waals surface area contributed by atoms with Crippen molar-refractivity contribution in [3.8, 4) is 0 Å². The molecule has 1 aliphatic rings.